The summed E-state index contributed by atoms with van der Waals surface area (Å²) in [4.78, 5) is 0. The number of aliphatic hydroxyl groups is 1. The first-order valence-corrected chi connectivity index (χ1v) is 5.58. The van der Waals surface area contributed by atoms with Crippen LogP contribution in [-0.4, -0.2) is 18.2 Å². The fourth-order valence-electron chi connectivity index (χ4n) is 1.97. The first kappa shape index (κ1) is 11.2. The topological polar surface area (TPSA) is 45.4 Å². The molecule has 0 spiro atoms. The normalized spacial score (nSPS) is 15.2. The highest BCUT2D eigenvalue weighted by molar-refractivity contribution is 5.77. The summed E-state index contributed by atoms with van der Waals surface area (Å²) in [6, 6.07) is 7.82. The summed E-state index contributed by atoms with van der Waals surface area (Å²) in [7, 11) is 1.86. The molecule has 0 radical (unpaired) electrons. The van der Waals surface area contributed by atoms with Crippen LogP contribution in [0.4, 0.5) is 0 Å². The van der Waals surface area contributed by atoms with E-state index in [0.717, 1.165) is 23.0 Å². The van der Waals surface area contributed by atoms with E-state index in [-0.39, 0.29) is 6.04 Å². The Bertz CT molecular complexity index is 460. The Hall–Kier alpha value is -1.32. The van der Waals surface area contributed by atoms with Gasteiger partial charge in [-0.1, -0.05) is 19.1 Å². The van der Waals surface area contributed by atoms with Gasteiger partial charge in [0, 0.05) is 11.4 Å². The largest absolute Gasteiger partial charge is 0.464 e. The quantitative estimate of drug-likeness (QED) is 0.830. The van der Waals surface area contributed by atoms with E-state index < -0.39 is 6.10 Å². The van der Waals surface area contributed by atoms with Gasteiger partial charge in [-0.15, -0.1) is 0 Å². The number of aliphatic hydroxyl groups excluding tert-OH is 1. The Morgan fingerprint density at radius 1 is 1.38 bits per heavy atom. The van der Waals surface area contributed by atoms with Gasteiger partial charge in [0.1, 0.15) is 5.58 Å². The summed E-state index contributed by atoms with van der Waals surface area (Å²) in [5.74, 6) is 0. The minimum atomic E-state index is -0.496. The van der Waals surface area contributed by atoms with Crippen LogP contribution in [-0.2, 0) is 0 Å². The standard InChI is InChI=1S/C13H17NO2/c1-3-11(14-2)13(15)10-5-4-9-6-7-16-12(9)8-10/h4-8,11,13-15H,3H2,1-2H3. The van der Waals surface area contributed by atoms with Crippen molar-refractivity contribution in [2.24, 2.45) is 0 Å². The molecule has 3 heteroatoms. The molecule has 0 fully saturated rings. The molecule has 0 aliphatic rings. The molecule has 1 heterocycles. The summed E-state index contributed by atoms with van der Waals surface area (Å²) < 4.78 is 5.32. The van der Waals surface area contributed by atoms with Crippen LogP contribution in [0.25, 0.3) is 11.0 Å². The molecule has 0 aliphatic heterocycles. The van der Waals surface area contributed by atoms with E-state index in [2.05, 4.69) is 12.2 Å². The van der Waals surface area contributed by atoms with E-state index >= 15 is 0 Å². The van der Waals surface area contributed by atoms with Crippen molar-refractivity contribution < 1.29 is 9.52 Å². The first-order valence-electron chi connectivity index (χ1n) is 5.58. The monoisotopic (exact) mass is 219 g/mol. The van der Waals surface area contributed by atoms with E-state index in [0.29, 0.717) is 0 Å². The third-order valence-corrected chi connectivity index (χ3v) is 3.01. The first-order chi connectivity index (χ1) is 7.76. The lowest BCUT2D eigenvalue weighted by molar-refractivity contribution is 0.130. The van der Waals surface area contributed by atoms with Crippen molar-refractivity contribution in [3.05, 3.63) is 36.1 Å². The Kier molecular flexibility index (Phi) is 3.27. The summed E-state index contributed by atoms with van der Waals surface area (Å²) in [5, 5.41) is 14.3. The van der Waals surface area contributed by atoms with Crippen LogP contribution in [0.5, 0.6) is 0 Å². The van der Waals surface area contributed by atoms with E-state index in [1.807, 2.05) is 31.3 Å². The zero-order chi connectivity index (χ0) is 11.5. The van der Waals surface area contributed by atoms with Crippen molar-refractivity contribution in [3.63, 3.8) is 0 Å². The van der Waals surface area contributed by atoms with Crippen LogP contribution >= 0.6 is 0 Å². The molecular weight excluding hydrogens is 202 g/mol. The second-order valence-electron chi connectivity index (χ2n) is 3.97. The van der Waals surface area contributed by atoms with Crippen LogP contribution in [0, 0.1) is 0 Å². The molecular formula is C13H17NO2. The molecule has 0 amide bonds. The highest BCUT2D eigenvalue weighted by atomic mass is 16.3. The molecule has 1 aromatic heterocycles. The van der Waals surface area contributed by atoms with Crippen LogP contribution in [0.2, 0.25) is 0 Å². The van der Waals surface area contributed by atoms with Gasteiger partial charge in [-0.05, 0) is 31.2 Å². The second-order valence-corrected chi connectivity index (χ2v) is 3.97. The molecule has 3 nitrogen and oxygen atoms in total. The molecule has 2 unspecified atom stereocenters. The van der Waals surface area contributed by atoms with Gasteiger partial charge < -0.3 is 14.8 Å². The van der Waals surface area contributed by atoms with E-state index in [4.69, 9.17) is 4.42 Å². The van der Waals surface area contributed by atoms with Crippen LogP contribution in [0.3, 0.4) is 0 Å². The average Bonchev–Trinajstić information content (AvgIpc) is 2.77. The van der Waals surface area contributed by atoms with Gasteiger partial charge in [-0.25, -0.2) is 0 Å². The summed E-state index contributed by atoms with van der Waals surface area (Å²) in [6.45, 7) is 2.05. The number of rotatable bonds is 4. The predicted octanol–water partition coefficient (Wildman–Crippen LogP) is 2.46. The Balaban J connectivity index is 2.31. The predicted molar refractivity (Wildman–Crippen MR) is 64.3 cm³/mol. The summed E-state index contributed by atoms with van der Waals surface area (Å²) >= 11 is 0. The lowest BCUT2D eigenvalue weighted by atomic mass is 10.00. The molecule has 2 atom stereocenters. The van der Waals surface area contributed by atoms with Crippen molar-refractivity contribution in [1.82, 2.24) is 5.32 Å². The van der Waals surface area contributed by atoms with Crippen molar-refractivity contribution in [2.75, 3.05) is 7.05 Å². The minimum absolute atomic E-state index is 0.0763. The maximum atomic E-state index is 10.2. The highest BCUT2D eigenvalue weighted by Gasteiger charge is 2.17. The van der Waals surface area contributed by atoms with Gasteiger partial charge >= 0.3 is 0 Å². The molecule has 16 heavy (non-hydrogen) atoms. The second kappa shape index (κ2) is 4.68. The number of hydrogen-bond acceptors (Lipinski definition) is 3. The zero-order valence-corrected chi connectivity index (χ0v) is 9.60. The van der Waals surface area contributed by atoms with Gasteiger partial charge in [-0.2, -0.15) is 0 Å². The number of nitrogens with one attached hydrogen (secondary N) is 1. The van der Waals surface area contributed by atoms with E-state index in [1.54, 1.807) is 6.26 Å². The molecule has 0 saturated heterocycles. The van der Waals surface area contributed by atoms with E-state index in [9.17, 15) is 5.11 Å². The average molecular weight is 219 g/mol. The Labute approximate surface area is 95.1 Å². The molecule has 0 aliphatic carbocycles. The van der Waals surface area contributed by atoms with Crippen LogP contribution in [0.1, 0.15) is 25.0 Å². The Morgan fingerprint density at radius 2 is 2.19 bits per heavy atom. The maximum absolute atomic E-state index is 10.2. The number of likely N-dealkylation sites (N-methyl/N-ethyl adjacent to an activating group) is 1. The molecule has 0 saturated carbocycles. The molecule has 2 aromatic rings. The number of hydrogen-bond donors (Lipinski definition) is 2. The molecule has 2 rings (SSSR count). The molecule has 86 valence electrons. The minimum Gasteiger partial charge on any atom is -0.464 e. The SMILES string of the molecule is CCC(NC)C(O)c1ccc2ccoc2c1. The van der Waals surface area contributed by atoms with Gasteiger partial charge in [0.15, 0.2) is 0 Å². The van der Waals surface area contributed by atoms with Crippen LogP contribution in [0.15, 0.2) is 34.9 Å². The van der Waals surface area contributed by atoms with Crippen molar-refractivity contribution in [1.29, 1.82) is 0 Å². The van der Waals surface area contributed by atoms with Gasteiger partial charge in [0.05, 0.1) is 12.4 Å². The molecule has 2 N–H and O–H groups in total. The van der Waals surface area contributed by atoms with Crippen molar-refractivity contribution in [3.8, 4) is 0 Å². The highest BCUT2D eigenvalue weighted by Crippen LogP contribution is 2.24. The van der Waals surface area contributed by atoms with Crippen LogP contribution < -0.4 is 5.32 Å². The van der Waals surface area contributed by atoms with E-state index in [1.165, 1.54) is 0 Å². The number of furan rings is 1. The fraction of sp³-hybridized carbons (Fsp3) is 0.385. The van der Waals surface area contributed by atoms with Crippen molar-refractivity contribution >= 4 is 11.0 Å². The van der Waals surface area contributed by atoms with Crippen molar-refractivity contribution in [2.45, 2.75) is 25.5 Å². The molecule has 0 bridgehead atoms. The van der Waals surface area contributed by atoms with Gasteiger partial charge in [0.2, 0.25) is 0 Å². The lowest BCUT2D eigenvalue weighted by Crippen LogP contribution is -2.31. The van der Waals surface area contributed by atoms with Gasteiger partial charge in [0.25, 0.3) is 0 Å². The lowest BCUT2D eigenvalue weighted by Gasteiger charge is -2.21. The number of fused-ring (bicyclic) bond motifs is 1. The smallest absolute Gasteiger partial charge is 0.134 e. The molecule has 1 aromatic carbocycles. The zero-order valence-electron chi connectivity index (χ0n) is 9.60. The Morgan fingerprint density at radius 3 is 2.88 bits per heavy atom. The third kappa shape index (κ3) is 1.96. The number of benzene rings is 1. The fourth-order valence-corrected chi connectivity index (χ4v) is 1.97. The summed E-state index contributed by atoms with van der Waals surface area (Å²) in [6.07, 6.45) is 2.05. The maximum Gasteiger partial charge on any atom is 0.134 e. The third-order valence-electron chi connectivity index (χ3n) is 3.01. The summed E-state index contributed by atoms with van der Waals surface area (Å²) in [5.41, 5.74) is 1.71. The van der Waals surface area contributed by atoms with Gasteiger partial charge in [-0.3, -0.25) is 0 Å².